The van der Waals surface area contributed by atoms with E-state index in [2.05, 4.69) is 17.2 Å². The van der Waals surface area contributed by atoms with Gasteiger partial charge in [-0.1, -0.05) is 76.8 Å². The van der Waals surface area contributed by atoms with E-state index in [-0.39, 0.29) is 109 Å². The summed E-state index contributed by atoms with van der Waals surface area (Å²) in [7, 11) is -29.5. The second-order valence-electron chi connectivity index (χ2n) is 21.0. The smallest absolute Gasteiger partial charge is 1.00 e. The maximum absolute atomic E-state index is 13.4. The summed E-state index contributed by atoms with van der Waals surface area (Å²) >= 11 is 0. The topological polar surface area (TPSA) is 391 Å². The van der Waals surface area contributed by atoms with Crippen LogP contribution in [0.2, 0.25) is 0 Å². The van der Waals surface area contributed by atoms with Gasteiger partial charge in [-0.3, -0.25) is 36.9 Å². The fourth-order valence-electron chi connectivity index (χ4n) is 10.7. The second kappa shape index (κ2) is 24.8. The maximum atomic E-state index is 13.4. The molecule has 5 aromatic carbocycles. The summed E-state index contributed by atoms with van der Waals surface area (Å²) in [5.74, 6) is -2.22. The number of amides is 2. The van der Waals surface area contributed by atoms with Crippen molar-refractivity contribution >= 4 is 111 Å². The molecule has 84 heavy (non-hydrogen) atoms. The molecule has 0 radical (unpaired) electrons. The Morgan fingerprint density at radius 2 is 1.08 bits per heavy atom. The quantitative estimate of drug-likeness (QED) is 0.0162. The first-order valence-corrected chi connectivity index (χ1v) is 34.1. The molecule has 0 saturated carbocycles. The van der Waals surface area contributed by atoms with Gasteiger partial charge in [0, 0.05) is 76.0 Å². The van der Waals surface area contributed by atoms with Crippen LogP contribution in [0.3, 0.4) is 0 Å². The van der Waals surface area contributed by atoms with Crippen LogP contribution in [-0.4, -0.2) is 133 Å². The van der Waals surface area contributed by atoms with E-state index in [0.717, 1.165) is 12.1 Å². The Labute approximate surface area is 511 Å². The van der Waals surface area contributed by atoms with Crippen LogP contribution in [0, 0.1) is 0 Å². The number of anilines is 2. The molecule has 0 aliphatic carbocycles. The number of hydrogen-bond donors (Lipinski definition) is 8. The molecular weight excluding hydrogens is 1230 g/mol. The molecule has 31 heteroatoms. The number of hydrogen-bond acceptors (Lipinski definition) is 16. The van der Waals surface area contributed by atoms with Gasteiger partial charge in [-0.2, -0.15) is 50.5 Å². The third kappa shape index (κ3) is 15.0. The van der Waals surface area contributed by atoms with Crippen LogP contribution in [0.25, 0.3) is 27.1 Å². The second-order valence-corrected chi connectivity index (χ2v) is 29.8. The predicted octanol–water partition coefficient (Wildman–Crippen LogP) is 3.25. The van der Waals surface area contributed by atoms with Crippen molar-refractivity contribution in [3.05, 3.63) is 137 Å². The van der Waals surface area contributed by atoms with Crippen LogP contribution in [0.15, 0.2) is 135 Å². The molecule has 0 fully saturated rings. The van der Waals surface area contributed by atoms with Crippen LogP contribution in [0.5, 0.6) is 0 Å². The molecule has 8 N–H and O–H groups in total. The Morgan fingerprint density at radius 1 is 0.607 bits per heavy atom. The Balaban J connectivity index is 0.00000660. The van der Waals surface area contributed by atoms with E-state index in [1.54, 1.807) is 80.9 Å². The monoisotopic (exact) mass is 1290 g/mol. The van der Waals surface area contributed by atoms with Gasteiger partial charge in [-0.05, 0) is 114 Å². The molecule has 2 aliphatic rings. The molecule has 7 rings (SSSR count). The standard InChI is InChI=1S/C53H60N4O20S6.Na.H/c1-32(2)50(58)54-22-7-23-55-51(59)35-12-10-33(11-13-35)34(14-20-46-52(3,4)48-40-28-36(80(66,67)68)30-44(82(72,73)74)38(40)16-18-42(48)56(46)24-8-26-78(60,61)62)15-21-47-53(5,6)49-41-29-37(81(69,70)71)31-45(83(75,76)77)39(41)17-19-43(49)57(47)25-9-27-79(63,64)65;;/h10-21,28-31,46H,1,7-9,22-27H2,2-6H3,(H,54,58)(H,55,59)(H,60,61,62)(H,63,64,65)(H,66,67,68)(H,69,70,71)(H,72,73,74)(H,75,76,77);;/q;+1;-1/b20-14+,34-15-,47-21-;;. The summed E-state index contributed by atoms with van der Waals surface area (Å²) in [6.07, 6.45) is 6.63. The fourth-order valence-corrected chi connectivity index (χ4v) is 14.3. The molecule has 1 atom stereocenters. The molecular formula is C53H61N4NaO20S6. The zero-order valence-electron chi connectivity index (χ0n) is 47.1. The number of carbonyl (C=O) groups excluding carboxylic acids is 2. The normalized spacial score (nSPS) is 16.9. The zero-order chi connectivity index (χ0) is 61.8. The van der Waals surface area contributed by atoms with E-state index < -0.39 is 115 Å². The average Bonchev–Trinajstić information content (AvgIpc) is 1.64. The minimum Gasteiger partial charge on any atom is -1.00 e. The third-order valence-electron chi connectivity index (χ3n) is 14.4. The molecule has 2 amide bonds. The maximum Gasteiger partial charge on any atom is 1.00 e. The van der Waals surface area contributed by atoms with Crippen molar-refractivity contribution < 1.29 is 118 Å². The van der Waals surface area contributed by atoms with E-state index in [4.69, 9.17) is 0 Å². The summed E-state index contributed by atoms with van der Waals surface area (Å²) < 4.78 is 210. The van der Waals surface area contributed by atoms with Crippen LogP contribution in [0.4, 0.5) is 11.4 Å². The van der Waals surface area contributed by atoms with Crippen LogP contribution in [-0.2, 0) is 76.3 Å². The van der Waals surface area contributed by atoms with Crippen molar-refractivity contribution in [1.82, 2.24) is 10.6 Å². The SMILES string of the molecule is C=C(C)C(=O)NCCCNC(=O)c1ccc(C(=C\C=C2/N(CCCS(=O)(=O)O)c3ccc4c(S(=O)(=O)O)cc(S(=O)(=O)O)cc4c3C2(C)C)/C=C/C2N(CCCS(=O)(=O)O)c3ccc4c(S(=O)(=O)O)cc(S(=O)(=O)O)cc4c3C2(C)C)cc1.[H-].[Na+]. The molecule has 450 valence electrons. The third-order valence-corrected chi connectivity index (χ3v) is 19.4. The minimum atomic E-state index is -5.15. The van der Waals surface area contributed by atoms with Gasteiger partial charge in [-0.25, -0.2) is 0 Å². The Morgan fingerprint density at radius 3 is 1.57 bits per heavy atom. The predicted molar refractivity (Wildman–Crippen MR) is 311 cm³/mol. The van der Waals surface area contributed by atoms with Crippen molar-refractivity contribution in [3.8, 4) is 0 Å². The first kappa shape index (κ1) is 67.7. The van der Waals surface area contributed by atoms with Crippen molar-refractivity contribution in [2.45, 2.75) is 90.3 Å². The van der Waals surface area contributed by atoms with Gasteiger partial charge in [0.05, 0.1) is 27.3 Å². The summed E-state index contributed by atoms with van der Waals surface area (Å²) in [4.78, 5) is 25.3. The first-order chi connectivity index (χ1) is 38.1. The number of benzene rings is 5. The molecule has 0 saturated heterocycles. The number of nitrogens with one attached hydrogen (secondary N) is 2. The number of nitrogens with zero attached hydrogens (tertiary/aromatic N) is 2. The Kier molecular flexibility index (Phi) is 19.9. The average molecular weight is 1290 g/mol. The summed E-state index contributed by atoms with van der Waals surface area (Å²) in [6.45, 7) is 12.2. The Hall–Kier alpha value is -5.42. The number of rotatable bonds is 22. The van der Waals surface area contributed by atoms with Crippen LogP contribution >= 0.6 is 0 Å². The summed E-state index contributed by atoms with van der Waals surface area (Å²) in [5, 5.41) is 5.14. The Bertz CT molecular complexity index is 4340. The van der Waals surface area contributed by atoms with Crippen molar-refractivity contribution in [1.29, 1.82) is 0 Å². The van der Waals surface area contributed by atoms with Gasteiger partial charge in [0.1, 0.15) is 9.79 Å². The van der Waals surface area contributed by atoms with E-state index in [0.29, 0.717) is 57.9 Å². The molecule has 1 unspecified atom stereocenters. The van der Waals surface area contributed by atoms with Crippen molar-refractivity contribution in [2.75, 3.05) is 47.5 Å². The molecule has 0 spiro atoms. The largest absolute Gasteiger partial charge is 1.00 e. The molecule has 0 bridgehead atoms. The van der Waals surface area contributed by atoms with Crippen molar-refractivity contribution in [2.24, 2.45) is 0 Å². The van der Waals surface area contributed by atoms with Gasteiger partial charge in [0.25, 0.3) is 66.6 Å². The molecule has 5 aromatic rings. The number of allylic oxidation sites excluding steroid dienone is 5. The van der Waals surface area contributed by atoms with E-state index in [9.17, 15) is 87.4 Å². The number of fused-ring (bicyclic) bond motifs is 6. The van der Waals surface area contributed by atoms with Gasteiger partial charge in [-0.15, -0.1) is 0 Å². The molecule has 2 heterocycles. The summed E-state index contributed by atoms with van der Waals surface area (Å²) in [5.41, 5.74) is 0.449. The van der Waals surface area contributed by atoms with E-state index in [1.165, 1.54) is 36.4 Å². The van der Waals surface area contributed by atoms with Crippen LogP contribution in [0.1, 0.15) is 82.4 Å². The number of carbonyl (C=O) groups is 2. The van der Waals surface area contributed by atoms with E-state index >= 15 is 0 Å². The van der Waals surface area contributed by atoms with Gasteiger partial charge in [0.15, 0.2) is 0 Å². The summed E-state index contributed by atoms with van der Waals surface area (Å²) in [6, 6.07) is 14.2. The molecule has 0 aromatic heterocycles. The molecule has 24 nitrogen and oxygen atoms in total. The molecule has 2 aliphatic heterocycles. The van der Waals surface area contributed by atoms with Crippen LogP contribution < -0.4 is 50.0 Å². The first-order valence-electron chi connectivity index (χ1n) is 25.1. The minimum absolute atomic E-state index is 0. The van der Waals surface area contributed by atoms with Crippen molar-refractivity contribution in [3.63, 3.8) is 0 Å². The van der Waals surface area contributed by atoms with Gasteiger partial charge >= 0.3 is 29.6 Å². The van der Waals surface area contributed by atoms with E-state index in [1.807, 2.05) is 0 Å². The zero-order valence-corrected chi connectivity index (χ0v) is 53.0. The van der Waals surface area contributed by atoms with Gasteiger partial charge in [0.2, 0.25) is 5.91 Å². The fraction of sp³-hybridized carbons (Fsp3) is 0.321. The van der Waals surface area contributed by atoms with Gasteiger partial charge < -0.3 is 21.9 Å².